The number of nitrogens with zero attached hydrogens (tertiary/aromatic N) is 2. The number of rotatable bonds is 4. The van der Waals surface area contributed by atoms with Gasteiger partial charge in [-0.1, -0.05) is 12.1 Å². The lowest BCUT2D eigenvalue weighted by atomic mass is 10.3. The minimum atomic E-state index is -3.26. The van der Waals surface area contributed by atoms with Crippen molar-refractivity contribution >= 4 is 21.6 Å². The number of hydrogen-bond acceptors (Lipinski definition) is 3. The number of anilines is 1. The zero-order valence-electron chi connectivity index (χ0n) is 10.7. The fourth-order valence-corrected chi connectivity index (χ4v) is 2.69. The molecule has 1 aromatic rings. The third-order valence-electron chi connectivity index (χ3n) is 3.00. The summed E-state index contributed by atoms with van der Waals surface area (Å²) in [6.07, 6.45) is 2.83. The van der Waals surface area contributed by atoms with E-state index >= 15 is 0 Å². The van der Waals surface area contributed by atoms with Crippen LogP contribution in [-0.2, 0) is 9.84 Å². The van der Waals surface area contributed by atoms with Crippen molar-refractivity contribution in [1.29, 1.82) is 0 Å². The van der Waals surface area contributed by atoms with Crippen molar-refractivity contribution in [2.45, 2.75) is 4.90 Å². The van der Waals surface area contributed by atoms with Crippen LogP contribution in [0.5, 0.6) is 0 Å². The molecule has 0 saturated carbocycles. The topological polar surface area (TPSA) is 57.7 Å². The summed E-state index contributed by atoms with van der Waals surface area (Å²) in [4.78, 5) is 15.6. The summed E-state index contributed by atoms with van der Waals surface area (Å²) < 4.78 is 23.0. The van der Waals surface area contributed by atoms with Crippen LogP contribution in [0, 0.1) is 0 Å². The van der Waals surface area contributed by atoms with Gasteiger partial charge in [0.25, 0.3) is 0 Å². The van der Waals surface area contributed by atoms with E-state index in [-0.39, 0.29) is 10.9 Å². The van der Waals surface area contributed by atoms with Crippen LogP contribution in [0.1, 0.15) is 0 Å². The predicted octanol–water partition coefficient (Wildman–Crippen LogP) is 1.52. The molecule has 2 amide bonds. The quantitative estimate of drug-likeness (QED) is 0.786. The maximum absolute atomic E-state index is 12.1. The van der Waals surface area contributed by atoms with Crippen LogP contribution in [0.15, 0.2) is 41.8 Å². The van der Waals surface area contributed by atoms with Gasteiger partial charge in [0.1, 0.15) is 0 Å². The Morgan fingerprint density at radius 2 is 2.11 bits per heavy atom. The van der Waals surface area contributed by atoms with Crippen molar-refractivity contribution in [3.63, 3.8) is 0 Å². The summed E-state index contributed by atoms with van der Waals surface area (Å²) in [6, 6.07) is 6.33. The van der Waals surface area contributed by atoms with Gasteiger partial charge < -0.3 is 4.90 Å². The number of hydrogen-bond donors (Lipinski definition) is 0. The molecule has 1 heterocycles. The van der Waals surface area contributed by atoms with Crippen LogP contribution in [-0.4, -0.2) is 45.2 Å². The lowest BCUT2D eigenvalue weighted by Crippen LogP contribution is -2.31. The summed E-state index contributed by atoms with van der Waals surface area (Å²) in [5.74, 6) is 0. The minimum absolute atomic E-state index is 0.120. The molecule has 0 bridgehead atoms. The van der Waals surface area contributed by atoms with Gasteiger partial charge >= 0.3 is 6.03 Å². The highest BCUT2D eigenvalue weighted by Gasteiger charge is 2.28. The predicted molar refractivity (Wildman–Crippen MR) is 74.1 cm³/mol. The average Bonchev–Trinajstić information content (AvgIpc) is 2.71. The second-order valence-electron chi connectivity index (χ2n) is 4.44. The van der Waals surface area contributed by atoms with E-state index in [0.717, 1.165) is 6.26 Å². The highest BCUT2D eigenvalue weighted by Crippen LogP contribution is 2.23. The van der Waals surface area contributed by atoms with Gasteiger partial charge in [-0.05, 0) is 18.2 Å². The van der Waals surface area contributed by atoms with Crippen LogP contribution in [0.4, 0.5) is 10.5 Å². The van der Waals surface area contributed by atoms with E-state index in [1.165, 1.54) is 12.1 Å². The molecule has 6 heteroatoms. The molecule has 1 fully saturated rings. The molecule has 1 aromatic carbocycles. The molecule has 0 unspecified atom stereocenters. The molecular weight excluding hydrogens is 264 g/mol. The number of carbonyl (C=O) groups is 1. The molecule has 102 valence electrons. The lowest BCUT2D eigenvalue weighted by molar-refractivity contribution is 0.225. The summed E-state index contributed by atoms with van der Waals surface area (Å²) in [5, 5.41) is 0. The number of carbonyl (C=O) groups excluding carboxylic acids is 1. The van der Waals surface area contributed by atoms with E-state index in [4.69, 9.17) is 0 Å². The van der Waals surface area contributed by atoms with Gasteiger partial charge in [-0.15, -0.1) is 6.58 Å². The first kappa shape index (κ1) is 13.6. The first-order valence-electron chi connectivity index (χ1n) is 5.91. The average molecular weight is 280 g/mol. The molecule has 0 N–H and O–H groups in total. The van der Waals surface area contributed by atoms with Crippen molar-refractivity contribution < 1.29 is 13.2 Å². The standard InChI is InChI=1S/C13H16N2O3S/c1-3-7-14-8-9-15(13(14)16)11-5-4-6-12(10-11)19(2,17)18/h3-6,10H,1,7-9H2,2H3. The molecule has 0 radical (unpaired) electrons. The highest BCUT2D eigenvalue weighted by molar-refractivity contribution is 7.90. The van der Waals surface area contributed by atoms with Crippen molar-refractivity contribution in [2.24, 2.45) is 0 Å². The van der Waals surface area contributed by atoms with Crippen molar-refractivity contribution in [2.75, 3.05) is 30.8 Å². The molecule has 0 spiro atoms. The largest absolute Gasteiger partial charge is 0.324 e. The molecule has 1 aliphatic rings. The van der Waals surface area contributed by atoms with Gasteiger partial charge in [-0.3, -0.25) is 4.90 Å². The fraction of sp³-hybridized carbons (Fsp3) is 0.308. The Kier molecular flexibility index (Phi) is 3.61. The van der Waals surface area contributed by atoms with Crippen LogP contribution in [0.25, 0.3) is 0 Å². The summed E-state index contributed by atoms with van der Waals surface area (Å²) in [6.45, 7) is 5.29. The number of benzene rings is 1. The highest BCUT2D eigenvalue weighted by atomic mass is 32.2. The Bertz CT molecular complexity index is 610. The van der Waals surface area contributed by atoms with Crippen LogP contribution < -0.4 is 4.90 Å². The molecule has 19 heavy (non-hydrogen) atoms. The Labute approximate surface area is 113 Å². The monoisotopic (exact) mass is 280 g/mol. The zero-order valence-corrected chi connectivity index (χ0v) is 11.6. The molecule has 0 aromatic heterocycles. The lowest BCUT2D eigenvalue weighted by Gasteiger charge is -2.18. The zero-order chi connectivity index (χ0) is 14.0. The first-order valence-corrected chi connectivity index (χ1v) is 7.80. The van der Waals surface area contributed by atoms with Gasteiger partial charge in [-0.25, -0.2) is 13.2 Å². The Hall–Kier alpha value is -1.82. The summed E-state index contributed by atoms with van der Waals surface area (Å²) in [7, 11) is -3.26. The molecule has 5 nitrogen and oxygen atoms in total. The van der Waals surface area contributed by atoms with Gasteiger partial charge in [-0.2, -0.15) is 0 Å². The molecule has 2 rings (SSSR count). The van der Waals surface area contributed by atoms with E-state index in [1.807, 2.05) is 0 Å². The van der Waals surface area contributed by atoms with Crippen LogP contribution >= 0.6 is 0 Å². The second kappa shape index (κ2) is 5.05. The van der Waals surface area contributed by atoms with Crippen LogP contribution in [0.3, 0.4) is 0 Å². The van der Waals surface area contributed by atoms with E-state index < -0.39 is 9.84 Å². The SMILES string of the molecule is C=CCN1CCN(c2cccc(S(C)(=O)=O)c2)C1=O. The molecule has 0 atom stereocenters. The third-order valence-corrected chi connectivity index (χ3v) is 4.11. The molecular formula is C13H16N2O3S. The van der Waals surface area contributed by atoms with E-state index in [9.17, 15) is 13.2 Å². The van der Waals surface area contributed by atoms with Gasteiger partial charge in [0, 0.05) is 31.6 Å². The summed E-state index contributed by atoms with van der Waals surface area (Å²) in [5.41, 5.74) is 0.611. The van der Waals surface area contributed by atoms with Gasteiger partial charge in [0.15, 0.2) is 9.84 Å². The normalized spacial score (nSPS) is 15.9. The van der Waals surface area contributed by atoms with Crippen LogP contribution in [0.2, 0.25) is 0 Å². The third kappa shape index (κ3) is 2.78. The Morgan fingerprint density at radius 1 is 1.37 bits per heavy atom. The maximum atomic E-state index is 12.1. The van der Waals surface area contributed by atoms with Gasteiger partial charge in [0.2, 0.25) is 0 Å². The number of amides is 2. The van der Waals surface area contributed by atoms with Crippen molar-refractivity contribution in [1.82, 2.24) is 4.90 Å². The maximum Gasteiger partial charge on any atom is 0.324 e. The van der Waals surface area contributed by atoms with E-state index in [1.54, 1.807) is 28.0 Å². The van der Waals surface area contributed by atoms with E-state index in [0.29, 0.717) is 25.3 Å². The second-order valence-corrected chi connectivity index (χ2v) is 6.45. The molecule has 1 saturated heterocycles. The smallest absolute Gasteiger partial charge is 0.319 e. The molecule has 1 aliphatic heterocycles. The Morgan fingerprint density at radius 3 is 2.74 bits per heavy atom. The van der Waals surface area contributed by atoms with Crippen molar-refractivity contribution in [3.05, 3.63) is 36.9 Å². The van der Waals surface area contributed by atoms with Crippen molar-refractivity contribution in [3.8, 4) is 0 Å². The fourth-order valence-electron chi connectivity index (χ4n) is 2.03. The van der Waals surface area contributed by atoms with E-state index in [2.05, 4.69) is 6.58 Å². The number of urea groups is 1. The Balaban J connectivity index is 2.29. The molecule has 0 aliphatic carbocycles. The number of sulfone groups is 1. The van der Waals surface area contributed by atoms with Gasteiger partial charge in [0.05, 0.1) is 4.90 Å². The summed E-state index contributed by atoms with van der Waals surface area (Å²) >= 11 is 0. The first-order chi connectivity index (χ1) is 8.93. The minimum Gasteiger partial charge on any atom is -0.319 e.